The van der Waals surface area contributed by atoms with Gasteiger partial charge in [0.25, 0.3) is 0 Å². The van der Waals surface area contributed by atoms with Gasteiger partial charge in [0.15, 0.2) is 0 Å². The Kier molecular flexibility index (Phi) is 5.11. The number of hydrogen-bond donors (Lipinski definition) is 2. The molecule has 2 aliphatic rings. The summed E-state index contributed by atoms with van der Waals surface area (Å²) in [4.78, 5) is 23.1. The Hall–Kier alpha value is -3.01. The number of fused-ring (bicyclic) bond motifs is 1. The largest absolute Gasteiger partial charge is 0.378 e. The highest BCUT2D eigenvalue weighted by atomic mass is 16.5. The topological polar surface area (TPSA) is 108 Å². The van der Waals surface area contributed by atoms with E-state index in [-0.39, 0.29) is 0 Å². The summed E-state index contributed by atoms with van der Waals surface area (Å²) in [5, 5.41) is 3.63. The average Bonchev–Trinajstić information content (AvgIpc) is 3.36. The van der Waals surface area contributed by atoms with Crippen molar-refractivity contribution in [1.29, 1.82) is 0 Å². The first-order valence-corrected chi connectivity index (χ1v) is 10.8. The summed E-state index contributed by atoms with van der Waals surface area (Å²) < 4.78 is 13.6. The van der Waals surface area contributed by atoms with Gasteiger partial charge in [0.2, 0.25) is 0 Å². The lowest BCUT2D eigenvalue weighted by atomic mass is 9.92. The van der Waals surface area contributed by atoms with Crippen LogP contribution >= 0.6 is 0 Å². The molecule has 0 aromatic carbocycles. The van der Waals surface area contributed by atoms with Crippen LogP contribution < -0.4 is 11.1 Å². The quantitative estimate of drug-likeness (QED) is 0.636. The van der Waals surface area contributed by atoms with Crippen molar-refractivity contribution in [3.8, 4) is 5.82 Å². The van der Waals surface area contributed by atoms with E-state index in [0.29, 0.717) is 24.9 Å². The number of rotatable bonds is 5. The minimum atomic E-state index is -0.643. The standard InChI is InChI=1S/C23H28N6O3/c1-14-6-19(23(31-3)4-5-32-13-23)26-21(7-14)29-12-17(15-10-28(2)11-15)16-9-25-20(8-18(16)29)27-22(24)30/h6-9,12,15H,4-5,10-11,13H2,1-3H3,(H3,24,25,27,30)/t23-/m0/s1. The molecule has 5 heterocycles. The molecule has 9 heteroatoms. The molecule has 0 aliphatic carbocycles. The highest BCUT2D eigenvalue weighted by Crippen LogP contribution is 2.37. The summed E-state index contributed by atoms with van der Waals surface area (Å²) >= 11 is 0. The fourth-order valence-electron chi connectivity index (χ4n) is 4.77. The van der Waals surface area contributed by atoms with Crippen molar-refractivity contribution in [3.63, 3.8) is 0 Å². The molecule has 168 valence electrons. The van der Waals surface area contributed by atoms with Crippen molar-refractivity contribution < 1.29 is 14.3 Å². The van der Waals surface area contributed by atoms with Gasteiger partial charge >= 0.3 is 6.03 Å². The molecule has 2 amide bonds. The second kappa shape index (κ2) is 7.84. The number of carbonyl (C=O) groups is 1. The molecule has 5 rings (SSSR count). The zero-order valence-corrected chi connectivity index (χ0v) is 18.6. The third-order valence-electron chi connectivity index (χ3n) is 6.52. The molecule has 3 aromatic heterocycles. The van der Waals surface area contributed by atoms with Gasteiger partial charge in [-0.2, -0.15) is 0 Å². The van der Waals surface area contributed by atoms with Gasteiger partial charge in [-0.05, 0) is 37.2 Å². The van der Waals surface area contributed by atoms with E-state index >= 15 is 0 Å². The average molecular weight is 437 g/mol. The number of primary amides is 1. The molecule has 0 unspecified atom stereocenters. The molecule has 2 fully saturated rings. The number of nitrogens with zero attached hydrogens (tertiary/aromatic N) is 4. The lowest BCUT2D eigenvalue weighted by molar-refractivity contribution is -0.0246. The number of hydrogen-bond acceptors (Lipinski definition) is 6. The summed E-state index contributed by atoms with van der Waals surface area (Å²) in [6, 6.07) is 5.33. The second-order valence-corrected chi connectivity index (χ2v) is 8.84. The van der Waals surface area contributed by atoms with Gasteiger partial charge in [0, 0.05) is 63.0 Å². The summed E-state index contributed by atoms with van der Waals surface area (Å²) in [6.45, 7) is 5.19. The normalized spacial score (nSPS) is 21.7. The van der Waals surface area contributed by atoms with Crippen molar-refractivity contribution >= 4 is 22.8 Å². The third kappa shape index (κ3) is 3.52. The predicted molar refractivity (Wildman–Crippen MR) is 121 cm³/mol. The lowest BCUT2D eigenvalue weighted by Gasteiger charge is -2.36. The Balaban J connectivity index is 1.66. The zero-order chi connectivity index (χ0) is 22.5. The van der Waals surface area contributed by atoms with Crippen LogP contribution in [0.15, 0.2) is 30.6 Å². The molecular formula is C23H28N6O3. The summed E-state index contributed by atoms with van der Waals surface area (Å²) in [7, 11) is 3.83. The Bertz CT molecular complexity index is 1180. The zero-order valence-electron chi connectivity index (χ0n) is 18.6. The van der Waals surface area contributed by atoms with Crippen LogP contribution in [0.3, 0.4) is 0 Å². The third-order valence-corrected chi connectivity index (χ3v) is 6.52. The molecule has 0 saturated carbocycles. The van der Waals surface area contributed by atoms with Crippen molar-refractivity contribution in [1.82, 2.24) is 19.4 Å². The number of amides is 2. The Labute approximate surface area is 186 Å². The Morgan fingerprint density at radius 2 is 2.16 bits per heavy atom. The van der Waals surface area contributed by atoms with E-state index < -0.39 is 11.6 Å². The number of pyridine rings is 2. The number of methoxy groups -OCH3 is 1. The summed E-state index contributed by atoms with van der Waals surface area (Å²) in [5.74, 6) is 1.63. The number of aryl methyl sites for hydroxylation is 1. The van der Waals surface area contributed by atoms with E-state index in [9.17, 15) is 4.79 Å². The fraction of sp³-hybridized carbons (Fsp3) is 0.435. The maximum atomic E-state index is 11.4. The monoisotopic (exact) mass is 436 g/mol. The number of likely N-dealkylation sites (tertiary alicyclic amines) is 1. The number of urea groups is 1. The van der Waals surface area contributed by atoms with Gasteiger partial charge in [0.1, 0.15) is 17.2 Å². The number of ether oxygens (including phenoxy) is 2. The predicted octanol–water partition coefficient (Wildman–Crippen LogP) is 2.51. The first-order chi connectivity index (χ1) is 15.4. The first kappa shape index (κ1) is 20.9. The number of nitrogens with two attached hydrogens (primary N) is 1. The molecule has 2 saturated heterocycles. The van der Waals surface area contributed by atoms with Gasteiger partial charge < -0.3 is 24.7 Å². The molecule has 9 nitrogen and oxygen atoms in total. The number of likely N-dealkylation sites (N-methyl/N-ethyl adjacent to an activating group) is 1. The van der Waals surface area contributed by atoms with Crippen LogP contribution in [0, 0.1) is 6.92 Å². The van der Waals surface area contributed by atoms with E-state index in [4.69, 9.17) is 20.2 Å². The van der Waals surface area contributed by atoms with Crippen LogP contribution in [0.2, 0.25) is 0 Å². The molecule has 32 heavy (non-hydrogen) atoms. The SMILES string of the molecule is CO[C@@]1(c2cc(C)cc(-n3cc(C4CN(C)C4)c4cnc(NC(N)=O)cc43)n2)CCOC1. The van der Waals surface area contributed by atoms with E-state index in [1.165, 1.54) is 5.56 Å². The maximum Gasteiger partial charge on any atom is 0.317 e. The van der Waals surface area contributed by atoms with Crippen LogP contribution in [-0.4, -0.2) is 65.9 Å². The smallest absolute Gasteiger partial charge is 0.317 e. The van der Waals surface area contributed by atoms with Crippen molar-refractivity contribution in [2.75, 3.05) is 45.8 Å². The highest BCUT2D eigenvalue weighted by Gasteiger charge is 2.39. The highest BCUT2D eigenvalue weighted by molar-refractivity contribution is 5.92. The minimum absolute atomic E-state index is 0.409. The Morgan fingerprint density at radius 1 is 1.34 bits per heavy atom. The van der Waals surface area contributed by atoms with Gasteiger partial charge in [-0.15, -0.1) is 0 Å². The fourth-order valence-corrected chi connectivity index (χ4v) is 4.77. The van der Waals surface area contributed by atoms with Gasteiger partial charge in [-0.25, -0.2) is 14.8 Å². The lowest BCUT2D eigenvalue weighted by Crippen LogP contribution is -2.41. The van der Waals surface area contributed by atoms with Crippen molar-refractivity contribution in [2.45, 2.75) is 24.9 Å². The van der Waals surface area contributed by atoms with Gasteiger partial charge in [-0.3, -0.25) is 5.32 Å². The molecule has 0 radical (unpaired) electrons. The van der Waals surface area contributed by atoms with E-state index in [2.05, 4.69) is 52.1 Å². The van der Waals surface area contributed by atoms with E-state index in [1.807, 2.05) is 12.3 Å². The number of nitrogens with one attached hydrogen (secondary N) is 1. The number of anilines is 1. The van der Waals surface area contributed by atoms with Crippen molar-refractivity contribution in [2.24, 2.45) is 5.73 Å². The van der Waals surface area contributed by atoms with Crippen LogP contribution in [0.25, 0.3) is 16.7 Å². The van der Waals surface area contributed by atoms with E-state index in [0.717, 1.165) is 47.5 Å². The number of aromatic nitrogens is 3. The van der Waals surface area contributed by atoms with E-state index in [1.54, 1.807) is 7.11 Å². The minimum Gasteiger partial charge on any atom is -0.378 e. The summed E-state index contributed by atoms with van der Waals surface area (Å²) in [6.07, 6.45) is 4.72. The van der Waals surface area contributed by atoms with Crippen LogP contribution in [-0.2, 0) is 15.1 Å². The van der Waals surface area contributed by atoms with Crippen LogP contribution in [0.4, 0.5) is 10.6 Å². The van der Waals surface area contributed by atoms with Gasteiger partial charge in [-0.1, -0.05) is 0 Å². The van der Waals surface area contributed by atoms with Crippen LogP contribution in [0.1, 0.15) is 29.2 Å². The molecule has 0 spiro atoms. The first-order valence-electron chi connectivity index (χ1n) is 10.8. The molecule has 3 N–H and O–H groups in total. The molecule has 1 atom stereocenters. The summed E-state index contributed by atoms with van der Waals surface area (Å²) in [5.41, 5.74) is 8.88. The number of carbonyl (C=O) groups excluding carboxylic acids is 1. The van der Waals surface area contributed by atoms with Crippen LogP contribution in [0.5, 0.6) is 0 Å². The molecule has 3 aromatic rings. The second-order valence-electron chi connectivity index (χ2n) is 8.84. The maximum absolute atomic E-state index is 11.4. The Morgan fingerprint density at radius 3 is 2.81 bits per heavy atom. The molecule has 2 aliphatic heterocycles. The van der Waals surface area contributed by atoms with Gasteiger partial charge in [0.05, 0.1) is 17.8 Å². The molecular weight excluding hydrogens is 408 g/mol. The van der Waals surface area contributed by atoms with Crippen molar-refractivity contribution in [3.05, 3.63) is 47.4 Å². The molecule has 0 bridgehead atoms.